The largest absolute Gasteiger partial charge is 0.350 e. The van der Waals surface area contributed by atoms with Gasteiger partial charge in [0.1, 0.15) is 0 Å². The van der Waals surface area contributed by atoms with Gasteiger partial charge in [0.2, 0.25) is 5.91 Å². The van der Waals surface area contributed by atoms with Crippen LogP contribution in [0.5, 0.6) is 0 Å². The van der Waals surface area contributed by atoms with Gasteiger partial charge in [-0.1, -0.05) is 27.7 Å². The summed E-state index contributed by atoms with van der Waals surface area (Å²) >= 11 is 0. The van der Waals surface area contributed by atoms with Crippen molar-refractivity contribution < 1.29 is 4.79 Å². The highest BCUT2D eigenvalue weighted by Gasteiger charge is 2.40. The van der Waals surface area contributed by atoms with Gasteiger partial charge in [-0.2, -0.15) is 0 Å². The molecule has 1 aliphatic heterocycles. The molecule has 2 N–H and O–H groups in total. The minimum atomic E-state index is -0.129. The molecule has 1 amide bonds. The van der Waals surface area contributed by atoms with Crippen LogP contribution in [0.2, 0.25) is 0 Å². The molecule has 1 heterocycles. The van der Waals surface area contributed by atoms with E-state index in [-0.39, 0.29) is 16.9 Å². The SMILES string of the molecule is CCC(CC)(CC)NC(=O)C1(CC)CCNCC1. The molecular weight excluding hydrogens is 224 g/mol. The second kappa shape index (κ2) is 6.55. The van der Waals surface area contributed by atoms with Gasteiger partial charge in [-0.3, -0.25) is 4.79 Å². The van der Waals surface area contributed by atoms with Crippen LogP contribution in [0.4, 0.5) is 0 Å². The van der Waals surface area contributed by atoms with Crippen LogP contribution in [0.15, 0.2) is 0 Å². The van der Waals surface area contributed by atoms with Crippen molar-refractivity contribution in [2.45, 2.75) is 71.8 Å². The molecule has 0 bridgehead atoms. The molecule has 0 saturated carbocycles. The van der Waals surface area contributed by atoms with Crippen molar-refractivity contribution >= 4 is 5.91 Å². The summed E-state index contributed by atoms with van der Waals surface area (Å²) in [5.74, 6) is 0.289. The lowest BCUT2D eigenvalue weighted by Crippen LogP contribution is -2.55. The van der Waals surface area contributed by atoms with Gasteiger partial charge in [0.15, 0.2) is 0 Å². The lowest BCUT2D eigenvalue weighted by Gasteiger charge is -2.40. The Labute approximate surface area is 112 Å². The Morgan fingerprint density at radius 3 is 2.00 bits per heavy atom. The zero-order valence-corrected chi connectivity index (χ0v) is 12.6. The van der Waals surface area contributed by atoms with Crippen molar-refractivity contribution in [1.82, 2.24) is 10.6 Å². The number of piperidine rings is 1. The number of amides is 1. The number of hydrogen-bond donors (Lipinski definition) is 2. The van der Waals surface area contributed by atoms with Crippen molar-refractivity contribution in [1.29, 1.82) is 0 Å². The van der Waals surface area contributed by atoms with E-state index < -0.39 is 0 Å². The van der Waals surface area contributed by atoms with Gasteiger partial charge < -0.3 is 10.6 Å². The Kier molecular flexibility index (Phi) is 5.64. The number of nitrogens with one attached hydrogen (secondary N) is 2. The highest BCUT2D eigenvalue weighted by Crippen LogP contribution is 2.34. The average molecular weight is 254 g/mol. The third kappa shape index (κ3) is 3.05. The molecule has 0 unspecified atom stereocenters. The maximum absolute atomic E-state index is 12.7. The standard InChI is InChI=1S/C15H30N2O/c1-5-14(9-11-16-12-10-14)13(18)17-15(6-2,7-3)8-4/h16H,5-12H2,1-4H3,(H,17,18). The van der Waals surface area contributed by atoms with E-state index in [1.54, 1.807) is 0 Å². The summed E-state index contributed by atoms with van der Waals surface area (Å²) in [7, 11) is 0. The first-order valence-electron chi connectivity index (χ1n) is 7.61. The van der Waals surface area contributed by atoms with Crippen LogP contribution in [-0.4, -0.2) is 24.5 Å². The zero-order chi connectivity index (χ0) is 13.6. The monoisotopic (exact) mass is 254 g/mol. The molecule has 106 valence electrons. The molecule has 3 nitrogen and oxygen atoms in total. The molecule has 0 aromatic carbocycles. The Balaban J connectivity index is 2.78. The van der Waals surface area contributed by atoms with E-state index in [1.165, 1.54) is 0 Å². The Bertz CT molecular complexity index is 257. The molecular formula is C15H30N2O. The average Bonchev–Trinajstić information content (AvgIpc) is 2.45. The third-order valence-corrected chi connectivity index (χ3v) is 5.13. The minimum Gasteiger partial charge on any atom is -0.350 e. The Hall–Kier alpha value is -0.570. The Morgan fingerprint density at radius 2 is 1.61 bits per heavy atom. The van der Waals surface area contributed by atoms with E-state index in [4.69, 9.17) is 0 Å². The number of hydrogen-bond acceptors (Lipinski definition) is 2. The van der Waals surface area contributed by atoms with E-state index in [0.717, 1.165) is 51.6 Å². The summed E-state index contributed by atoms with van der Waals surface area (Å²) < 4.78 is 0. The molecule has 0 atom stereocenters. The van der Waals surface area contributed by atoms with Gasteiger partial charge in [-0.05, 0) is 51.6 Å². The molecule has 0 aliphatic carbocycles. The minimum absolute atomic E-state index is 0.00410. The summed E-state index contributed by atoms with van der Waals surface area (Å²) in [4.78, 5) is 12.7. The quantitative estimate of drug-likeness (QED) is 0.765. The fraction of sp³-hybridized carbons (Fsp3) is 0.933. The first-order valence-corrected chi connectivity index (χ1v) is 7.61. The lowest BCUT2D eigenvalue weighted by atomic mass is 9.74. The third-order valence-electron chi connectivity index (χ3n) is 5.13. The fourth-order valence-corrected chi connectivity index (χ4v) is 3.04. The van der Waals surface area contributed by atoms with Crippen LogP contribution in [0.25, 0.3) is 0 Å². The van der Waals surface area contributed by atoms with Gasteiger partial charge in [0.05, 0.1) is 5.41 Å². The van der Waals surface area contributed by atoms with E-state index in [0.29, 0.717) is 0 Å². The molecule has 0 radical (unpaired) electrons. The molecule has 1 rings (SSSR count). The molecule has 0 aromatic heterocycles. The van der Waals surface area contributed by atoms with E-state index in [1.807, 2.05) is 0 Å². The Morgan fingerprint density at radius 1 is 1.11 bits per heavy atom. The first kappa shape index (κ1) is 15.5. The van der Waals surface area contributed by atoms with Crippen LogP contribution >= 0.6 is 0 Å². The second-order valence-electron chi connectivity index (χ2n) is 5.68. The summed E-state index contributed by atoms with van der Waals surface area (Å²) in [6, 6.07) is 0. The molecule has 3 heteroatoms. The van der Waals surface area contributed by atoms with Gasteiger partial charge in [-0.25, -0.2) is 0 Å². The molecule has 1 fully saturated rings. The topological polar surface area (TPSA) is 41.1 Å². The van der Waals surface area contributed by atoms with Crippen molar-refractivity contribution in [3.8, 4) is 0 Å². The van der Waals surface area contributed by atoms with Crippen LogP contribution in [0, 0.1) is 5.41 Å². The summed E-state index contributed by atoms with van der Waals surface area (Å²) in [5.41, 5.74) is -0.125. The van der Waals surface area contributed by atoms with Crippen LogP contribution in [0.3, 0.4) is 0 Å². The number of carbonyl (C=O) groups is 1. The van der Waals surface area contributed by atoms with Gasteiger partial charge in [0, 0.05) is 5.54 Å². The molecule has 0 spiro atoms. The molecule has 1 aliphatic rings. The van der Waals surface area contributed by atoms with Crippen molar-refractivity contribution in [2.75, 3.05) is 13.1 Å². The number of rotatable bonds is 6. The highest BCUT2D eigenvalue weighted by molar-refractivity contribution is 5.83. The summed E-state index contributed by atoms with van der Waals surface area (Å²) in [6.07, 6.45) is 5.95. The van der Waals surface area contributed by atoms with E-state index in [9.17, 15) is 4.79 Å². The highest BCUT2D eigenvalue weighted by atomic mass is 16.2. The normalized spacial score (nSPS) is 19.6. The maximum atomic E-state index is 12.7. The van der Waals surface area contributed by atoms with Crippen LogP contribution in [-0.2, 0) is 4.79 Å². The smallest absolute Gasteiger partial charge is 0.226 e. The van der Waals surface area contributed by atoms with E-state index in [2.05, 4.69) is 38.3 Å². The van der Waals surface area contributed by atoms with Gasteiger partial charge in [-0.15, -0.1) is 0 Å². The van der Waals surface area contributed by atoms with Crippen molar-refractivity contribution in [3.63, 3.8) is 0 Å². The summed E-state index contributed by atoms with van der Waals surface area (Å²) in [6.45, 7) is 10.6. The van der Waals surface area contributed by atoms with Crippen LogP contribution in [0.1, 0.15) is 66.2 Å². The zero-order valence-electron chi connectivity index (χ0n) is 12.6. The first-order chi connectivity index (χ1) is 8.58. The van der Waals surface area contributed by atoms with Gasteiger partial charge >= 0.3 is 0 Å². The predicted molar refractivity (Wildman–Crippen MR) is 76.6 cm³/mol. The van der Waals surface area contributed by atoms with Crippen molar-refractivity contribution in [2.24, 2.45) is 5.41 Å². The fourth-order valence-electron chi connectivity index (χ4n) is 3.04. The predicted octanol–water partition coefficient (Wildman–Crippen LogP) is 2.85. The molecule has 1 saturated heterocycles. The number of carbonyl (C=O) groups excluding carboxylic acids is 1. The van der Waals surface area contributed by atoms with Crippen LogP contribution < -0.4 is 10.6 Å². The second-order valence-corrected chi connectivity index (χ2v) is 5.68. The van der Waals surface area contributed by atoms with Crippen molar-refractivity contribution in [3.05, 3.63) is 0 Å². The molecule has 18 heavy (non-hydrogen) atoms. The summed E-state index contributed by atoms with van der Waals surface area (Å²) in [5, 5.41) is 6.73. The molecule has 0 aromatic rings. The van der Waals surface area contributed by atoms with Gasteiger partial charge in [0.25, 0.3) is 0 Å². The van der Waals surface area contributed by atoms with E-state index >= 15 is 0 Å². The maximum Gasteiger partial charge on any atom is 0.226 e. The lowest BCUT2D eigenvalue weighted by molar-refractivity contribution is -0.135.